The van der Waals surface area contributed by atoms with Gasteiger partial charge in [0.15, 0.2) is 0 Å². The van der Waals surface area contributed by atoms with E-state index in [-0.39, 0.29) is 16.4 Å². The lowest BCUT2D eigenvalue weighted by atomic mass is 10.2. The van der Waals surface area contributed by atoms with Crippen molar-refractivity contribution < 1.29 is 9.31 Å². The molecule has 0 fully saturated rings. The van der Waals surface area contributed by atoms with Crippen LogP contribution in [0.25, 0.3) is 0 Å². The molecule has 0 unspecified atom stereocenters. The van der Waals surface area contributed by atoms with E-state index >= 15 is 0 Å². The first kappa shape index (κ1) is 14.7. The summed E-state index contributed by atoms with van der Waals surface area (Å²) in [5, 5.41) is 13.5. The Balaban J connectivity index is 2.80. The molecule has 0 aromatic heterocycles. The van der Waals surface area contributed by atoms with Crippen LogP contribution in [-0.2, 0) is 0 Å². The highest BCUT2D eigenvalue weighted by Crippen LogP contribution is 2.30. The molecule has 18 heavy (non-hydrogen) atoms. The van der Waals surface area contributed by atoms with Crippen LogP contribution in [0.2, 0.25) is 5.02 Å². The van der Waals surface area contributed by atoms with Gasteiger partial charge in [-0.25, -0.2) is 4.39 Å². The zero-order valence-corrected chi connectivity index (χ0v) is 11.0. The normalized spacial score (nSPS) is 10.7. The fourth-order valence-electron chi connectivity index (χ4n) is 1.37. The number of nitro benzene ring substituents is 1. The highest BCUT2D eigenvalue weighted by Gasteiger charge is 2.17. The Labute approximate surface area is 110 Å². The van der Waals surface area contributed by atoms with Crippen LogP contribution in [-0.4, -0.2) is 36.5 Å². The monoisotopic (exact) mass is 275 g/mol. The zero-order chi connectivity index (χ0) is 13.7. The minimum Gasteiger partial charge on any atom is -0.378 e. The van der Waals surface area contributed by atoms with Crippen molar-refractivity contribution in [3.05, 3.63) is 33.1 Å². The molecular formula is C11H15ClFN3O2. The van der Waals surface area contributed by atoms with Crippen LogP contribution in [0.3, 0.4) is 0 Å². The first-order valence-electron chi connectivity index (χ1n) is 5.51. The smallest absolute Gasteiger partial charge is 0.295 e. The molecule has 1 N–H and O–H groups in total. The second-order valence-electron chi connectivity index (χ2n) is 3.86. The first-order valence-corrected chi connectivity index (χ1v) is 5.89. The number of anilines is 1. The first-order chi connectivity index (χ1) is 8.45. The van der Waals surface area contributed by atoms with Gasteiger partial charge in [0.1, 0.15) is 11.5 Å². The standard InChI is InChI=1S/C11H15ClFN3O2/c1-3-15(2)5-4-14-10-6-8(12)9(13)7-11(10)16(17)18/h6-7,14H,3-5H2,1-2H3. The molecule has 0 aliphatic rings. The summed E-state index contributed by atoms with van der Waals surface area (Å²) >= 11 is 5.61. The van der Waals surface area contributed by atoms with Crippen LogP contribution < -0.4 is 5.32 Å². The van der Waals surface area contributed by atoms with Gasteiger partial charge in [0, 0.05) is 13.1 Å². The fourth-order valence-corrected chi connectivity index (χ4v) is 1.53. The Morgan fingerprint density at radius 3 is 2.78 bits per heavy atom. The minimum atomic E-state index is -0.792. The number of likely N-dealkylation sites (N-methyl/N-ethyl adjacent to an activating group) is 1. The summed E-state index contributed by atoms with van der Waals surface area (Å²) in [6.45, 7) is 4.14. The average molecular weight is 276 g/mol. The number of benzene rings is 1. The van der Waals surface area contributed by atoms with Crippen molar-refractivity contribution in [2.24, 2.45) is 0 Å². The van der Waals surface area contributed by atoms with E-state index in [0.29, 0.717) is 6.54 Å². The van der Waals surface area contributed by atoms with Crippen molar-refractivity contribution in [3.63, 3.8) is 0 Å². The van der Waals surface area contributed by atoms with Gasteiger partial charge in [0.25, 0.3) is 5.69 Å². The molecule has 1 rings (SSSR count). The fraction of sp³-hybridized carbons (Fsp3) is 0.455. The molecule has 0 aliphatic carbocycles. The molecule has 0 atom stereocenters. The van der Waals surface area contributed by atoms with Gasteiger partial charge in [0.2, 0.25) is 0 Å². The van der Waals surface area contributed by atoms with Gasteiger partial charge in [-0.2, -0.15) is 0 Å². The van der Waals surface area contributed by atoms with Crippen LogP contribution in [0.1, 0.15) is 6.92 Å². The number of halogens is 2. The third-order valence-electron chi connectivity index (χ3n) is 2.58. The number of rotatable bonds is 6. The molecule has 0 amide bonds. The summed E-state index contributed by atoms with van der Waals surface area (Å²) in [6, 6.07) is 2.06. The van der Waals surface area contributed by atoms with Crippen molar-refractivity contribution in [2.45, 2.75) is 6.92 Å². The van der Waals surface area contributed by atoms with E-state index in [1.165, 1.54) is 6.07 Å². The predicted octanol–water partition coefficient (Wildman–Crippen LogP) is 2.75. The van der Waals surface area contributed by atoms with E-state index in [1.807, 2.05) is 18.9 Å². The van der Waals surface area contributed by atoms with Crippen molar-refractivity contribution in [2.75, 3.05) is 32.0 Å². The molecule has 0 saturated carbocycles. The van der Waals surface area contributed by atoms with E-state index in [1.54, 1.807) is 0 Å². The highest BCUT2D eigenvalue weighted by atomic mass is 35.5. The van der Waals surface area contributed by atoms with Gasteiger partial charge in [-0.05, 0) is 19.7 Å². The molecule has 1 aromatic rings. The molecule has 0 spiro atoms. The van der Waals surface area contributed by atoms with E-state index in [4.69, 9.17) is 11.6 Å². The predicted molar refractivity (Wildman–Crippen MR) is 69.7 cm³/mol. The SMILES string of the molecule is CCN(C)CCNc1cc(Cl)c(F)cc1[N+](=O)[O-]. The molecule has 5 nitrogen and oxygen atoms in total. The van der Waals surface area contributed by atoms with Gasteiger partial charge in [-0.1, -0.05) is 18.5 Å². The Morgan fingerprint density at radius 1 is 1.56 bits per heavy atom. The largest absolute Gasteiger partial charge is 0.378 e. The Hall–Kier alpha value is -1.40. The average Bonchev–Trinajstić information content (AvgIpc) is 2.32. The summed E-state index contributed by atoms with van der Waals surface area (Å²) in [5.41, 5.74) is -0.0769. The maximum absolute atomic E-state index is 13.2. The highest BCUT2D eigenvalue weighted by molar-refractivity contribution is 6.31. The van der Waals surface area contributed by atoms with Crippen LogP contribution in [0.5, 0.6) is 0 Å². The van der Waals surface area contributed by atoms with Gasteiger partial charge in [0.05, 0.1) is 16.0 Å². The zero-order valence-electron chi connectivity index (χ0n) is 10.2. The Morgan fingerprint density at radius 2 is 2.22 bits per heavy atom. The third-order valence-corrected chi connectivity index (χ3v) is 2.87. The summed E-state index contributed by atoms with van der Waals surface area (Å²) < 4.78 is 13.2. The lowest BCUT2D eigenvalue weighted by Gasteiger charge is -2.14. The second kappa shape index (κ2) is 6.51. The summed E-state index contributed by atoms with van der Waals surface area (Å²) in [6.07, 6.45) is 0. The molecule has 0 heterocycles. The van der Waals surface area contributed by atoms with Crippen molar-refractivity contribution in [1.29, 1.82) is 0 Å². The van der Waals surface area contributed by atoms with Crippen molar-refractivity contribution in [3.8, 4) is 0 Å². The number of hydrogen-bond acceptors (Lipinski definition) is 4. The molecule has 0 aliphatic heterocycles. The van der Waals surface area contributed by atoms with Crippen LogP contribution in [0.15, 0.2) is 12.1 Å². The lowest BCUT2D eigenvalue weighted by Crippen LogP contribution is -2.24. The van der Waals surface area contributed by atoms with Crippen molar-refractivity contribution >= 4 is 23.0 Å². The summed E-state index contributed by atoms with van der Waals surface area (Å²) in [7, 11) is 1.94. The number of nitrogens with one attached hydrogen (secondary N) is 1. The number of nitrogens with zero attached hydrogens (tertiary/aromatic N) is 2. The quantitative estimate of drug-likeness (QED) is 0.641. The maximum atomic E-state index is 13.2. The molecule has 0 radical (unpaired) electrons. The maximum Gasteiger partial charge on any atom is 0.295 e. The Bertz CT molecular complexity index is 443. The molecule has 100 valence electrons. The molecule has 1 aromatic carbocycles. The van der Waals surface area contributed by atoms with Crippen LogP contribution in [0.4, 0.5) is 15.8 Å². The summed E-state index contributed by atoms with van der Waals surface area (Å²) in [4.78, 5) is 12.2. The number of hydrogen-bond donors (Lipinski definition) is 1. The Kier molecular flexibility index (Phi) is 5.30. The molecule has 0 bridgehead atoms. The molecular weight excluding hydrogens is 261 g/mol. The summed E-state index contributed by atoms with van der Waals surface area (Å²) in [5.74, 6) is -0.792. The van der Waals surface area contributed by atoms with E-state index in [2.05, 4.69) is 5.32 Å². The van der Waals surface area contributed by atoms with Gasteiger partial charge in [-0.3, -0.25) is 10.1 Å². The van der Waals surface area contributed by atoms with E-state index < -0.39 is 10.7 Å². The van der Waals surface area contributed by atoms with E-state index in [9.17, 15) is 14.5 Å². The lowest BCUT2D eigenvalue weighted by molar-refractivity contribution is -0.384. The minimum absolute atomic E-state index is 0.132. The van der Waals surface area contributed by atoms with E-state index in [0.717, 1.165) is 19.2 Å². The van der Waals surface area contributed by atoms with Gasteiger partial charge in [-0.15, -0.1) is 0 Å². The second-order valence-corrected chi connectivity index (χ2v) is 4.27. The number of nitro groups is 1. The molecule has 7 heteroatoms. The van der Waals surface area contributed by atoms with Gasteiger partial charge >= 0.3 is 0 Å². The topological polar surface area (TPSA) is 58.4 Å². The van der Waals surface area contributed by atoms with Crippen molar-refractivity contribution in [1.82, 2.24) is 4.90 Å². The third kappa shape index (κ3) is 3.82. The molecule has 0 saturated heterocycles. The van der Waals surface area contributed by atoms with Crippen LogP contribution in [0, 0.1) is 15.9 Å². The van der Waals surface area contributed by atoms with Crippen LogP contribution >= 0.6 is 11.6 Å². The van der Waals surface area contributed by atoms with Gasteiger partial charge < -0.3 is 10.2 Å².